The van der Waals surface area contributed by atoms with Gasteiger partial charge in [0.2, 0.25) is 0 Å². The van der Waals surface area contributed by atoms with Gasteiger partial charge in [-0.3, -0.25) is 0 Å². The van der Waals surface area contributed by atoms with Crippen LogP contribution in [-0.2, 0) is 0 Å². The van der Waals surface area contributed by atoms with Crippen molar-refractivity contribution in [2.75, 3.05) is 13.1 Å². The van der Waals surface area contributed by atoms with Crippen molar-refractivity contribution in [1.82, 2.24) is 4.90 Å². The SMILES string of the molecule is C=C(/C=C(/C)N(CCC)CC(C)C)CCCC. The predicted molar refractivity (Wildman–Crippen MR) is 79.1 cm³/mol. The average molecular weight is 237 g/mol. The standard InChI is InChI=1S/C16H31N/c1-7-9-10-15(5)12-16(6)17(11-8-2)13-14(3)4/h12,14H,5,7-11,13H2,1-4,6H3/b16-12-. The van der Waals surface area contributed by atoms with E-state index in [1.807, 2.05) is 0 Å². The van der Waals surface area contributed by atoms with Crippen molar-refractivity contribution in [2.45, 2.75) is 60.3 Å². The lowest BCUT2D eigenvalue weighted by Gasteiger charge is -2.27. The molecule has 0 atom stereocenters. The highest BCUT2D eigenvalue weighted by molar-refractivity contribution is 5.19. The van der Waals surface area contributed by atoms with E-state index in [0.717, 1.165) is 19.5 Å². The predicted octanol–water partition coefficient (Wildman–Crippen LogP) is 5.00. The molecule has 0 aromatic carbocycles. The van der Waals surface area contributed by atoms with E-state index < -0.39 is 0 Å². The maximum atomic E-state index is 4.15. The molecule has 0 radical (unpaired) electrons. The van der Waals surface area contributed by atoms with Crippen LogP contribution in [0.1, 0.15) is 60.3 Å². The molecule has 1 heteroatoms. The van der Waals surface area contributed by atoms with E-state index in [9.17, 15) is 0 Å². The van der Waals surface area contributed by atoms with Gasteiger partial charge in [0, 0.05) is 18.8 Å². The van der Waals surface area contributed by atoms with Gasteiger partial charge in [0.1, 0.15) is 0 Å². The van der Waals surface area contributed by atoms with Gasteiger partial charge in [-0.05, 0) is 38.2 Å². The van der Waals surface area contributed by atoms with Crippen LogP contribution >= 0.6 is 0 Å². The van der Waals surface area contributed by atoms with Gasteiger partial charge in [-0.15, -0.1) is 0 Å². The van der Waals surface area contributed by atoms with Crippen LogP contribution < -0.4 is 0 Å². The first-order chi connectivity index (χ1) is 8.01. The summed E-state index contributed by atoms with van der Waals surface area (Å²) in [6.45, 7) is 17.7. The Bertz CT molecular complexity index is 238. The zero-order chi connectivity index (χ0) is 13.3. The first kappa shape index (κ1) is 16.3. The fraction of sp³-hybridized carbons (Fsp3) is 0.750. The molecule has 0 bridgehead atoms. The molecule has 100 valence electrons. The molecular formula is C16H31N. The molecule has 0 fully saturated rings. The Morgan fingerprint density at radius 1 is 1.24 bits per heavy atom. The lowest BCUT2D eigenvalue weighted by Crippen LogP contribution is -2.27. The Hall–Kier alpha value is -0.720. The summed E-state index contributed by atoms with van der Waals surface area (Å²) in [5.41, 5.74) is 2.65. The highest BCUT2D eigenvalue weighted by atomic mass is 15.1. The molecular weight excluding hydrogens is 206 g/mol. The van der Waals surface area contributed by atoms with Crippen LogP contribution in [-0.4, -0.2) is 18.0 Å². The van der Waals surface area contributed by atoms with Crippen LogP contribution in [0.2, 0.25) is 0 Å². The minimum atomic E-state index is 0.716. The molecule has 1 nitrogen and oxygen atoms in total. The summed E-state index contributed by atoms with van der Waals surface area (Å²) in [6.07, 6.45) is 7.11. The lowest BCUT2D eigenvalue weighted by atomic mass is 10.1. The van der Waals surface area contributed by atoms with Gasteiger partial charge in [0.15, 0.2) is 0 Å². The van der Waals surface area contributed by atoms with E-state index in [-0.39, 0.29) is 0 Å². The van der Waals surface area contributed by atoms with Gasteiger partial charge in [0.25, 0.3) is 0 Å². The molecule has 0 aromatic heterocycles. The molecule has 0 unspecified atom stereocenters. The Balaban J connectivity index is 4.41. The number of rotatable bonds is 9. The Morgan fingerprint density at radius 2 is 1.88 bits per heavy atom. The first-order valence-corrected chi connectivity index (χ1v) is 7.12. The molecule has 0 spiro atoms. The number of unbranched alkanes of at least 4 members (excludes halogenated alkanes) is 1. The molecule has 0 aromatic rings. The Kier molecular flexibility index (Phi) is 8.93. The van der Waals surface area contributed by atoms with Crippen LogP contribution in [0, 0.1) is 5.92 Å². The molecule has 0 heterocycles. The van der Waals surface area contributed by atoms with Crippen molar-refractivity contribution in [2.24, 2.45) is 5.92 Å². The Labute approximate surface area is 109 Å². The third kappa shape index (κ3) is 8.06. The molecule has 0 aliphatic heterocycles. The lowest BCUT2D eigenvalue weighted by molar-refractivity contribution is 0.305. The number of allylic oxidation sites excluding steroid dienone is 3. The van der Waals surface area contributed by atoms with E-state index >= 15 is 0 Å². The summed E-state index contributed by atoms with van der Waals surface area (Å²) in [6, 6.07) is 0. The second kappa shape index (κ2) is 9.32. The molecule has 0 saturated heterocycles. The third-order valence-corrected chi connectivity index (χ3v) is 2.84. The van der Waals surface area contributed by atoms with E-state index in [0.29, 0.717) is 5.92 Å². The fourth-order valence-electron chi connectivity index (χ4n) is 1.99. The van der Waals surface area contributed by atoms with Crippen molar-refractivity contribution in [3.05, 3.63) is 23.9 Å². The van der Waals surface area contributed by atoms with E-state index in [2.05, 4.69) is 52.2 Å². The van der Waals surface area contributed by atoms with Gasteiger partial charge in [-0.2, -0.15) is 0 Å². The minimum Gasteiger partial charge on any atom is -0.375 e. The van der Waals surface area contributed by atoms with Crippen molar-refractivity contribution in [3.63, 3.8) is 0 Å². The molecule has 0 aliphatic carbocycles. The summed E-state index contributed by atoms with van der Waals surface area (Å²) in [5.74, 6) is 0.716. The minimum absolute atomic E-state index is 0.716. The van der Waals surface area contributed by atoms with E-state index in [1.54, 1.807) is 0 Å². The largest absolute Gasteiger partial charge is 0.375 e. The highest BCUT2D eigenvalue weighted by Gasteiger charge is 2.06. The zero-order valence-electron chi connectivity index (χ0n) is 12.6. The summed E-state index contributed by atoms with van der Waals surface area (Å²) >= 11 is 0. The van der Waals surface area contributed by atoms with Crippen molar-refractivity contribution in [3.8, 4) is 0 Å². The maximum absolute atomic E-state index is 4.15. The number of nitrogens with zero attached hydrogens (tertiary/aromatic N) is 1. The zero-order valence-corrected chi connectivity index (χ0v) is 12.6. The first-order valence-electron chi connectivity index (χ1n) is 7.12. The quantitative estimate of drug-likeness (QED) is 0.510. The summed E-state index contributed by atoms with van der Waals surface area (Å²) in [7, 11) is 0. The van der Waals surface area contributed by atoms with E-state index in [4.69, 9.17) is 0 Å². The van der Waals surface area contributed by atoms with Crippen LogP contribution in [0.5, 0.6) is 0 Å². The molecule has 0 N–H and O–H groups in total. The van der Waals surface area contributed by atoms with Crippen molar-refractivity contribution >= 4 is 0 Å². The number of hydrogen-bond acceptors (Lipinski definition) is 1. The molecule has 0 rings (SSSR count). The van der Waals surface area contributed by atoms with Crippen molar-refractivity contribution < 1.29 is 0 Å². The topological polar surface area (TPSA) is 3.24 Å². The van der Waals surface area contributed by atoms with Gasteiger partial charge in [-0.25, -0.2) is 0 Å². The summed E-state index contributed by atoms with van der Waals surface area (Å²) < 4.78 is 0. The van der Waals surface area contributed by atoms with Gasteiger partial charge in [0.05, 0.1) is 0 Å². The monoisotopic (exact) mass is 237 g/mol. The van der Waals surface area contributed by atoms with E-state index in [1.165, 1.54) is 30.5 Å². The van der Waals surface area contributed by atoms with Gasteiger partial charge < -0.3 is 4.90 Å². The van der Waals surface area contributed by atoms with Crippen LogP contribution in [0.4, 0.5) is 0 Å². The average Bonchev–Trinajstić information content (AvgIpc) is 2.25. The van der Waals surface area contributed by atoms with Crippen LogP contribution in [0.25, 0.3) is 0 Å². The van der Waals surface area contributed by atoms with Crippen molar-refractivity contribution in [1.29, 1.82) is 0 Å². The Morgan fingerprint density at radius 3 is 2.35 bits per heavy atom. The maximum Gasteiger partial charge on any atom is 0.0197 e. The smallest absolute Gasteiger partial charge is 0.0197 e. The van der Waals surface area contributed by atoms with Crippen LogP contribution in [0.3, 0.4) is 0 Å². The summed E-state index contributed by atoms with van der Waals surface area (Å²) in [5, 5.41) is 0. The molecule has 0 amide bonds. The summed E-state index contributed by atoms with van der Waals surface area (Å²) in [4.78, 5) is 2.49. The molecule has 0 saturated carbocycles. The van der Waals surface area contributed by atoms with Gasteiger partial charge >= 0.3 is 0 Å². The molecule has 17 heavy (non-hydrogen) atoms. The van der Waals surface area contributed by atoms with Crippen LogP contribution in [0.15, 0.2) is 23.9 Å². The third-order valence-electron chi connectivity index (χ3n) is 2.84. The highest BCUT2D eigenvalue weighted by Crippen LogP contribution is 2.14. The fourth-order valence-corrected chi connectivity index (χ4v) is 1.99. The second-order valence-electron chi connectivity index (χ2n) is 5.39. The molecule has 0 aliphatic rings. The normalized spacial score (nSPS) is 12.0. The number of hydrogen-bond donors (Lipinski definition) is 0. The van der Waals surface area contributed by atoms with Gasteiger partial charge in [-0.1, -0.05) is 46.3 Å². The second-order valence-corrected chi connectivity index (χ2v) is 5.39.